The normalized spacial score (nSPS) is 10.7. The highest BCUT2D eigenvalue weighted by Gasteiger charge is 2.17. The number of ketones is 1. The van der Waals surface area contributed by atoms with Gasteiger partial charge in [0.1, 0.15) is 11.6 Å². The van der Waals surface area contributed by atoms with Gasteiger partial charge in [-0.15, -0.1) is 0 Å². The highest BCUT2D eigenvalue weighted by atomic mass is 79.9. The molecule has 4 heteroatoms. The zero-order valence-electron chi connectivity index (χ0n) is 11.1. The summed E-state index contributed by atoms with van der Waals surface area (Å²) in [4.78, 5) is 11.8. The Hall–Kier alpha value is -0.770. The molecule has 0 unspecified atom stereocenters. The van der Waals surface area contributed by atoms with Crippen molar-refractivity contribution in [3.05, 3.63) is 33.8 Å². The van der Waals surface area contributed by atoms with Crippen LogP contribution in [0.3, 0.4) is 0 Å². The van der Waals surface area contributed by atoms with Crippen LogP contribution in [0.4, 0.5) is 8.78 Å². The van der Waals surface area contributed by atoms with Crippen molar-refractivity contribution in [3.63, 3.8) is 0 Å². The molecule has 0 N–H and O–H groups in total. The maximum absolute atomic E-state index is 13.5. The second-order valence-electron chi connectivity index (χ2n) is 4.69. The summed E-state index contributed by atoms with van der Waals surface area (Å²) in [5.74, 6) is -2.02. The predicted octanol–water partition coefficient (Wildman–Crippen LogP) is 5.66. The van der Waals surface area contributed by atoms with Crippen LogP contribution in [0.25, 0.3) is 0 Å². The number of benzene rings is 1. The molecular formula is C15H19BrF2O. The minimum Gasteiger partial charge on any atom is -0.294 e. The first-order chi connectivity index (χ1) is 9.06. The van der Waals surface area contributed by atoms with Crippen LogP contribution in [0.15, 0.2) is 16.6 Å². The van der Waals surface area contributed by atoms with Gasteiger partial charge in [-0.2, -0.15) is 0 Å². The van der Waals surface area contributed by atoms with Gasteiger partial charge < -0.3 is 0 Å². The van der Waals surface area contributed by atoms with Crippen LogP contribution in [0.5, 0.6) is 0 Å². The third-order valence-corrected chi connectivity index (χ3v) is 3.50. The van der Waals surface area contributed by atoms with E-state index in [0.29, 0.717) is 10.9 Å². The smallest absolute Gasteiger partial charge is 0.168 e. The summed E-state index contributed by atoms with van der Waals surface area (Å²) in [7, 11) is 0. The summed E-state index contributed by atoms with van der Waals surface area (Å²) in [5.41, 5.74) is -0.406. The average Bonchev–Trinajstić information content (AvgIpc) is 2.32. The second-order valence-corrected chi connectivity index (χ2v) is 5.60. The highest BCUT2D eigenvalue weighted by molar-refractivity contribution is 9.10. The van der Waals surface area contributed by atoms with Crippen molar-refractivity contribution in [2.75, 3.05) is 0 Å². The summed E-state index contributed by atoms with van der Waals surface area (Å²) >= 11 is 2.99. The van der Waals surface area contributed by atoms with E-state index in [-0.39, 0.29) is 6.42 Å². The SMILES string of the molecule is CCCCCCCCC(=O)c1c(F)cc(Br)cc1F. The number of Topliss-reactive ketones (excluding diaryl/α,β-unsaturated/α-hetero) is 1. The molecule has 1 nitrogen and oxygen atoms in total. The Morgan fingerprint density at radius 3 is 2.16 bits per heavy atom. The molecule has 0 aliphatic rings. The van der Waals surface area contributed by atoms with Gasteiger partial charge >= 0.3 is 0 Å². The van der Waals surface area contributed by atoms with Crippen LogP contribution in [0.1, 0.15) is 62.2 Å². The molecule has 1 rings (SSSR count). The molecule has 0 saturated carbocycles. The van der Waals surface area contributed by atoms with E-state index in [2.05, 4.69) is 22.9 Å². The van der Waals surface area contributed by atoms with Crippen LogP contribution in [0.2, 0.25) is 0 Å². The lowest BCUT2D eigenvalue weighted by Gasteiger charge is -2.05. The fourth-order valence-electron chi connectivity index (χ4n) is 2.00. The lowest BCUT2D eigenvalue weighted by molar-refractivity contribution is 0.0971. The third-order valence-electron chi connectivity index (χ3n) is 3.04. The predicted molar refractivity (Wildman–Crippen MR) is 76.4 cm³/mol. The van der Waals surface area contributed by atoms with Crippen LogP contribution < -0.4 is 0 Å². The van der Waals surface area contributed by atoms with Crippen LogP contribution in [-0.2, 0) is 0 Å². The van der Waals surface area contributed by atoms with E-state index in [9.17, 15) is 13.6 Å². The van der Waals surface area contributed by atoms with Crippen molar-refractivity contribution in [1.82, 2.24) is 0 Å². The number of hydrogen-bond donors (Lipinski definition) is 0. The first-order valence-electron chi connectivity index (χ1n) is 6.74. The van der Waals surface area contributed by atoms with E-state index in [4.69, 9.17) is 0 Å². The van der Waals surface area contributed by atoms with E-state index in [1.165, 1.54) is 12.8 Å². The Morgan fingerprint density at radius 1 is 1.05 bits per heavy atom. The van der Waals surface area contributed by atoms with Gasteiger partial charge in [0.05, 0.1) is 5.56 Å². The van der Waals surface area contributed by atoms with Gasteiger partial charge in [-0.1, -0.05) is 55.0 Å². The zero-order valence-corrected chi connectivity index (χ0v) is 12.7. The van der Waals surface area contributed by atoms with Crippen molar-refractivity contribution < 1.29 is 13.6 Å². The molecule has 19 heavy (non-hydrogen) atoms. The molecule has 0 bridgehead atoms. The van der Waals surface area contributed by atoms with Crippen LogP contribution in [0, 0.1) is 11.6 Å². The van der Waals surface area contributed by atoms with Gasteiger partial charge in [0.2, 0.25) is 0 Å². The number of hydrogen-bond acceptors (Lipinski definition) is 1. The lowest BCUT2D eigenvalue weighted by Crippen LogP contribution is -2.06. The van der Waals surface area contributed by atoms with Crippen molar-refractivity contribution in [3.8, 4) is 0 Å². The van der Waals surface area contributed by atoms with Crippen molar-refractivity contribution in [2.45, 2.75) is 51.9 Å². The molecule has 106 valence electrons. The second kappa shape index (κ2) is 8.41. The Morgan fingerprint density at radius 2 is 1.58 bits per heavy atom. The van der Waals surface area contributed by atoms with Gasteiger partial charge in [0, 0.05) is 10.9 Å². The van der Waals surface area contributed by atoms with Crippen molar-refractivity contribution >= 4 is 21.7 Å². The molecule has 0 fully saturated rings. The molecular weight excluding hydrogens is 314 g/mol. The highest BCUT2D eigenvalue weighted by Crippen LogP contribution is 2.21. The van der Waals surface area contributed by atoms with Gasteiger partial charge in [-0.25, -0.2) is 8.78 Å². The molecule has 0 amide bonds. The van der Waals surface area contributed by atoms with E-state index in [1.54, 1.807) is 0 Å². The molecule has 1 aromatic rings. The maximum atomic E-state index is 13.5. The minimum absolute atomic E-state index is 0.210. The van der Waals surface area contributed by atoms with E-state index >= 15 is 0 Å². The topological polar surface area (TPSA) is 17.1 Å². The van der Waals surface area contributed by atoms with E-state index in [1.807, 2.05) is 0 Å². The molecule has 0 aromatic heterocycles. The number of rotatable bonds is 8. The molecule has 0 aliphatic carbocycles. The summed E-state index contributed by atoms with van der Waals surface area (Å²) in [6.07, 6.45) is 6.45. The Labute approximate surface area is 121 Å². The summed E-state index contributed by atoms with van der Waals surface area (Å²) in [6, 6.07) is 2.25. The summed E-state index contributed by atoms with van der Waals surface area (Å²) in [6.45, 7) is 2.14. The quantitative estimate of drug-likeness (QED) is 0.443. The zero-order chi connectivity index (χ0) is 14.3. The fraction of sp³-hybridized carbons (Fsp3) is 0.533. The van der Waals surface area contributed by atoms with Gasteiger partial charge in [0.15, 0.2) is 5.78 Å². The standard InChI is InChI=1S/C15H19BrF2O/c1-2-3-4-5-6-7-8-14(19)15-12(17)9-11(16)10-13(15)18/h9-10H,2-8H2,1H3. The molecule has 0 saturated heterocycles. The average molecular weight is 333 g/mol. The summed E-state index contributed by atoms with van der Waals surface area (Å²) in [5, 5.41) is 0. The molecule has 0 radical (unpaired) electrons. The fourth-order valence-corrected chi connectivity index (χ4v) is 2.40. The van der Waals surface area contributed by atoms with Crippen molar-refractivity contribution in [1.29, 1.82) is 0 Å². The van der Waals surface area contributed by atoms with Crippen LogP contribution >= 0.6 is 15.9 Å². The lowest BCUT2D eigenvalue weighted by atomic mass is 10.0. The Kier molecular flexibility index (Phi) is 7.21. The number of carbonyl (C=O) groups is 1. The Balaban J connectivity index is 2.46. The van der Waals surface area contributed by atoms with Gasteiger partial charge in [-0.05, 0) is 18.6 Å². The largest absolute Gasteiger partial charge is 0.294 e. The summed E-state index contributed by atoms with van der Waals surface area (Å²) < 4.78 is 27.4. The number of halogens is 3. The molecule has 0 spiro atoms. The number of carbonyl (C=O) groups excluding carboxylic acids is 1. The molecule has 0 heterocycles. The first-order valence-corrected chi connectivity index (χ1v) is 7.53. The first kappa shape index (κ1) is 16.3. The van der Waals surface area contributed by atoms with Gasteiger partial charge in [0.25, 0.3) is 0 Å². The molecule has 0 atom stereocenters. The third kappa shape index (κ3) is 5.39. The molecule has 0 aliphatic heterocycles. The number of unbranched alkanes of at least 4 members (excludes halogenated alkanes) is 5. The molecule has 1 aromatic carbocycles. The Bertz CT molecular complexity index is 409. The maximum Gasteiger partial charge on any atom is 0.168 e. The van der Waals surface area contributed by atoms with E-state index in [0.717, 1.165) is 31.4 Å². The van der Waals surface area contributed by atoms with E-state index < -0.39 is 23.0 Å². The van der Waals surface area contributed by atoms with Gasteiger partial charge in [-0.3, -0.25) is 4.79 Å². The van der Waals surface area contributed by atoms with Crippen molar-refractivity contribution in [2.24, 2.45) is 0 Å². The monoisotopic (exact) mass is 332 g/mol. The van der Waals surface area contributed by atoms with Crippen LogP contribution in [-0.4, -0.2) is 5.78 Å². The minimum atomic E-state index is -0.789.